The first-order valence-electron chi connectivity index (χ1n) is 5.41. The van der Waals surface area contributed by atoms with Gasteiger partial charge in [-0.05, 0) is 31.6 Å². The number of hydrogen-bond donors (Lipinski definition) is 1. The molecule has 2 aliphatic heterocycles. The molecule has 0 aromatic heterocycles. The van der Waals surface area contributed by atoms with Gasteiger partial charge in [-0.3, -0.25) is 0 Å². The Morgan fingerprint density at radius 3 is 3.12 bits per heavy atom. The van der Waals surface area contributed by atoms with Crippen molar-refractivity contribution in [2.24, 2.45) is 4.99 Å². The van der Waals surface area contributed by atoms with Crippen LogP contribution in [0.15, 0.2) is 40.7 Å². The molecule has 0 aromatic carbocycles. The van der Waals surface area contributed by atoms with E-state index in [1.165, 1.54) is 11.1 Å². The number of rotatable bonds is 2. The highest BCUT2D eigenvalue weighted by Gasteiger charge is 2.30. The summed E-state index contributed by atoms with van der Waals surface area (Å²) in [4.78, 5) is 17.2. The van der Waals surface area contributed by atoms with E-state index in [-0.39, 0.29) is 12.2 Å². The zero-order valence-corrected chi connectivity index (χ0v) is 9.75. The number of nitrogens with zero attached hydrogens (tertiary/aromatic N) is 2. The van der Waals surface area contributed by atoms with E-state index >= 15 is 0 Å². The maximum atomic E-state index is 11.6. The first-order valence-corrected chi connectivity index (χ1v) is 5.41. The number of aliphatic hydroxyl groups excluding tert-OH is 1. The van der Waals surface area contributed by atoms with Crippen LogP contribution in [0.5, 0.6) is 0 Å². The predicted octanol–water partition coefficient (Wildman–Crippen LogP) is 0.940. The number of hydrogen-bond acceptors (Lipinski definition) is 5. The van der Waals surface area contributed by atoms with Crippen LogP contribution in [0.1, 0.15) is 13.8 Å². The molecule has 0 bridgehead atoms. The molecule has 1 atom stereocenters. The minimum absolute atomic E-state index is 0.146. The summed E-state index contributed by atoms with van der Waals surface area (Å²) in [6, 6.07) is 0. The second kappa shape index (κ2) is 4.55. The highest BCUT2D eigenvalue weighted by atomic mass is 16.5. The molecule has 90 valence electrons. The van der Waals surface area contributed by atoms with Gasteiger partial charge in [-0.15, -0.1) is 0 Å². The summed E-state index contributed by atoms with van der Waals surface area (Å²) in [7, 11) is 0. The largest absolute Gasteiger partial charge is 0.462 e. The monoisotopic (exact) mass is 234 g/mol. The van der Waals surface area contributed by atoms with Gasteiger partial charge in [0.25, 0.3) is 0 Å². The van der Waals surface area contributed by atoms with Crippen LogP contribution in [0.3, 0.4) is 0 Å². The van der Waals surface area contributed by atoms with Crippen molar-refractivity contribution in [2.75, 3.05) is 6.61 Å². The molecular formula is C12H14N2O3. The van der Waals surface area contributed by atoms with E-state index in [0.717, 1.165) is 5.57 Å². The van der Waals surface area contributed by atoms with E-state index in [0.29, 0.717) is 5.84 Å². The van der Waals surface area contributed by atoms with Gasteiger partial charge >= 0.3 is 5.97 Å². The summed E-state index contributed by atoms with van der Waals surface area (Å²) >= 11 is 0. The summed E-state index contributed by atoms with van der Waals surface area (Å²) in [6.45, 7) is 3.93. The Kier molecular flexibility index (Phi) is 3.10. The van der Waals surface area contributed by atoms with Crippen molar-refractivity contribution in [1.82, 2.24) is 4.90 Å². The van der Waals surface area contributed by atoms with Gasteiger partial charge in [0.05, 0.1) is 6.61 Å². The number of esters is 1. The molecule has 0 radical (unpaired) electrons. The quantitative estimate of drug-likeness (QED) is 0.722. The van der Waals surface area contributed by atoms with Crippen LogP contribution in [0, 0.1) is 0 Å². The van der Waals surface area contributed by atoms with Gasteiger partial charge in [-0.25, -0.2) is 9.79 Å². The fourth-order valence-electron chi connectivity index (χ4n) is 1.64. The molecule has 0 saturated heterocycles. The van der Waals surface area contributed by atoms with Gasteiger partial charge < -0.3 is 14.7 Å². The van der Waals surface area contributed by atoms with E-state index in [1.807, 2.05) is 19.1 Å². The number of aliphatic hydroxyl groups is 1. The van der Waals surface area contributed by atoms with E-state index in [1.54, 1.807) is 13.1 Å². The molecular weight excluding hydrogens is 220 g/mol. The molecule has 5 heteroatoms. The molecule has 2 rings (SSSR count). The molecule has 1 N–H and O–H groups in total. The third kappa shape index (κ3) is 2.14. The molecule has 5 nitrogen and oxygen atoms in total. The molecule has 0 saturated carbocycles. The summed E-state index contributed by atoms with van der Waals surface area (Å²) in [5.41, 5.74) is 1.19. The zero-order valence-electron chi connectivity index (χ0n) is 9.75. The first-order chi connectivity index (χ1) is 8.13. The average Bonchev–Trinajstić information content (AvgIpc) is 2.29. The summed E-state index contributed by atoms with van der Waals surface area (Å²) in [5, 5.41) is 10.0. The van der Waals surface area contributed by atoms with Crippen LogP contribution < -0.4 is 0 Å². The molecule has 0 spiro atoms. The maximum Gasteiger partial charge on any atom is 0.340 e. The average molecular weight is 234 g/mol. The lowest BCUT2D eigenvalue weighted by Crippen LogP contribution is -2.42. The van der Waals surface area contributed by atoms with Crippen LogP contribution in [-0.4, -0.2) is 34.6 Å². The highest BCUT2D eigenvalue weighted by molar-refractivity contribution is 6.00. The van der Waals surface area contributed by atoms with Crippen molar-refractivity contribution in [3.8, 4) is 0 Å². The number of carbonyl (C=O) groups is 1. The smallest absolute Gasteiger partial charge is 0.340 e. The van der Waals surface area contributed by atoms with Crippen molar-refractivity contribution in [3.63, 3.8) is 0 Å². The Hall–Kier alpha value is -1.88. The van der Waals surface area contributed by atoms with Gasteiger partial charge in [0.1, 0.15) is 11.4 Å². The number of amidine groups is 1. The Morgan fingerprint density at radius 2 is 2.41 bits per heavy atom. The molecule has 2 aliphatic rings. The van der Waals surface area contributed by atoms with Crippen LogP contribution in [-0.2, 0) is 9.53 Å². The number of aliphatic imine (C=N–C) groups is 1. The molecule has 0 amide bonds. The Bertz CT molecular complexity index is 460. The van der Waals surface area contributed by atoms with E-state index in [4.69, 9.17) is 4.74 Å². The Balaban J connectivity index is 2.28. The number of carbonyl (C=O) groups excluding carboxylic acids is 1. The molecule has 0 fully saturated rings. The van der Waals surface area contributed by atoms with Crippen molar-refractivity contribution in [3.05, 3.63) is 35.7 Å². The highest BCUT2D eigenvalue weighted by Crippen LogP contribution is 2.21. The normalized spacial score (nSPS) is 22.4. The van der Waals surface area contributed by atoms with Gasteiger partial charge in [0.2, 0.25) is 0 Å². The Morgan fingerprint density at radius 1 is 1.65 bits per heavy atom. The zero-order chi connectivity index (χ0) is 12.4. The molecule has 1 unspecified atom stereocenters. The number of allylic oxidation sites excluding steroid dienone is 2. The second-order valence-corrected chi connectivity index (χ2v) is 3.78. The van der Waals surface area contributed by atoms with Crippen LogP contribution >= 0.6 is 0 Å². The maximum absolute atomic E-state index is 11.6. The fraction of sp³-hybridized carbons (Fsp3) is 0.333. The van der Waals surface area contributed by atoms with E-state index < -0.39 is 12.2 Å². The second-order valence-electron chi connectivity index (χ2n) is 3.78. The predicted molar refractivity (Wildman–Crippen MR) is 62.9 cm³/mol. The summed E-state index contributed by atoms with van der Waals surface area (Å²) < 4.78 is 4.85. The van der Waals surface area contributed by atoms with Gasteiger partial charge in [-0.2, -0.15) is 0 Å². The van der Waals surface area contributed by atoms with Crippen molar-refractivity contribution >= 4 is 11.8 Å². The lowest BCUT2D eigenvalue weighted by Gasteiger charge is -2.31. The lowest BCUT2D eigenvalue weighted by atomic mass is 10.1. The topological polar surface area (TPSA) is 62.1 Å². The SMILES string of the molecule is CCOC(=O)C1=CN=C2C=C(C)C=CN2C1O. The minimum atomic E-state index is -1.04. The van der Waals surface area contributed by atoms with Crippen molar-refractivity contribution in [1.29, 1.82) is 0 Å². The van der Waals surface area contributed by atoms with Crippen molar-refractivity contribution < 1.29 is 14.6 Å². The summed E-state index contributed by atoms with van der Waals surface area (Å²) in [5.74, 6) is 0.0769. The van der Waals surface area contributed by atoms with Gasteiger partial charge in [-0.1, -0.05) is 0 Å². The molecule has 0 aromatic rings. The Labute approximate surface area is 99.4 Å². The van der Waals surface area contributed by atoms with E-state index in [2.05, 4.69) is 4.99 Å². The van der Waals surface area contributed by atoms with Crippen LogP contribution in [0.2, 0.25) is 0 Å². The standard InChI is InChI=1S/C12H14N2O3/c1-3-17-12(16)9-7-13-10-6-8(2)4-5-14(10)11(9)15/h4-7,11,15H,3H2,1-2H3. The molecule has 0 aliphatic carbocycles. The molecule has 2 heterocycles. The minimum Gasteiger partial charge on any atom is -0.462 e. The number of fused-ring (bicyclic) bond motifs is 1. The lowest BCUT2D eigenvalue weighted by molar-refractivity contribution is -0.140. The van der Waals surface area contributed by atoms with Crippen LogP contribution in [0.25, 0.3) is 0 Å². The third-order valence-electron chi connectivity index (χ3n) is 2.51. The first kappa shape index (κ1) is 11.6. The number of ether oxygens (including phenoxy) is 1. The summed E-state index contributed by atoms with van der Waals surface area (Å²) in [6.07, 6.45) is 5.70. The van der Waals surface area contributed by atoms with Gasteiger partial charge in [0.15, 0.2) is 6.23 Å². The van der Waals surface area contributed by atoms with Crippen molar-refractivity contribution in [2.45, 2.75) is 20.1 Å². The van der Waals surface area contributed by atoms with E-state index in [9.17, 15) is 9.90 Å². The fourth-order valence-corrected chi connectivity index (χ4v) is 1.64. The van der Waals surface area contributed by atoms with Crippen LogP contribution in [0.4, 0.5) is 0 Å². The molecule has 17 heavy (non-hydrogen) atoms. The third-order valence-corrected chi connectivity index (χ3v) is 2.51. The van der Waals surface area contributed by atoms with Gasteiger partial charge in [0, 0.05) is 12.4 Å².